The Morgan fingerprint density at radius 2 is 2.09 bits per heavy atom. The number of hydrogen-bond acceptors (Lipinski definition) is 5. The van der Waals surface area contributed by atoms with Gasteiger partial charge in [-0.3, -0.25) is 9.80 Å². The molecule has 1 spiro atoms. The van der Waals surface area contributed by atoms with Gasteiger partial charge in [-0.25, -0.2) is 4.79 Å². The summed E-state index contributed by atoms with van der Waals surface area (Å²) in [4.78, 5) is 16.7. The van der Waals surface area contributed by atoms with E-state index in [0.29, 0.717) is 12.5 Å². The summed E-state index contributed by atoms with van der Waals surface area (Å²) in [6, 6.07) is 3.99. The van der Waals surface area contributed by atoms with Crippen molar-refractivity contribution in [2.24, 2.45) is 5.92 Å². The first kappa shape index (κ1) is 13.6. The number of ether oxygens (including phenoxy) is 1. The first-order valence-electron chi connectivity index (χ1n) is 8.07. The summed E-state index contributed by atoms with van der Waals surface area (Å²) < 4.78 is 11.1. The molecule has 4 fully saturated rings. The molecular formula is C17H18N2O3S. The van der Waals surface area contributed by atoms with E-state index in [9.17, 15) is 4.79 Å². The fourth-order valence-corrected chi connectivity index (χ4v) is 5.14. The molecule has 2 aromatic heterocycles. The largest absolute Gasteiger partial charge is 0.472 e. The van der Waals surface area contributed by atoms with Gasteiger partial charge in [0.25, 0.3) is 0 Å². The summed E-state index contributed by atoms with van der Waals surface area (Å²) >= 11 is 1.59. The SMILES string of the molecule is O=C1OC2(CN3CCC2CC3)CN1c1cc(-c2ccoc2)cs1. The lowest BCUT2D eigenvalue weighted by Crippen LogP contribution is -2.61. The molecule has 4 saturated heterocycles. The van der Waals surface area contributed by atoms with Crippen LogP contribution in [-0.2, 0) is 4.74 Å². The maximum Gasteiger partial charge on any atom is 0.415 e. The van der Waals surface area contributed by atoms with E-state index in [1.807, 2.05) is 11.0 Å². The van der Waals surface area contributed by atoms with Gasteiger partial charge >= 0.3 is 6.09 Å². The van der Waals surface area contributed by atoms with Gasteiger partial charge in [-0.1, -0.05) is 0 Å². The fraction of sp³-hybridized carbons (Fsp3) is 0.471. The highest BCUT2D eigenvalue weighted by atomic mass is 32.1. The molecule has 0 N–H and O–H groups in total. The van der Waals surface area contributed by atoms with Crippen molar-refractivity contribution in [2.45, 2.75) is 18.4 Å². The van der Waals surface area contributed by atoms with Gasteiger partial charge in [-0.2, -0.15) is 0 Å². The minimum Gasteiger partial charge on any atom is -0.472 e. The highest BCUT2D eigenvalue weighted by Crippen LogP contribution is 2.44. The van der Waals surface area contributed by atoms with Crippen LogP contribution in [0.5, 0.6) is 0 Å². The zero-order valence-corrected chi connectivity index (χ0v) is 13.6. The molecule has 5 nitrogen and oxygen atoms in total. The highest BCUT2D eigenvalue weighted by molar-refractivity contribution is 7.14. The molecule has 4 aliphatic rings. The third kappa shape index (κ3) is 2.05. The molecule has 2 aromatic rings. The molecule has 1 amide bonds. The second kappa shape index (κ2) is 4.85. The lowest BCUT2D eigenvalue weighted by molar-refractivity contribution is -0.0881. The smallest absolute Gasteiger partial charge is 0.415 e. The maximum atomic E-state index is 12.5. The molecule has 120 valence electrons. The van der Waals surface area contributed by atoms with Crippen LogP contribution in [0.4, 0.5) is 9.80 Å². The van der Waals surface area contributed by atoms with E-state index in [4.69, 9.17) is 9.15 Å². The molecule has 1 atom stereocenters. The first-order valence-corrected chi connectivity index (χ1v) is 8.95. The normalized spacial score (nSPS) is 32.7. The van der Waals surface area contributed by atoms with E-state index >= 15 is 0 Å². The number of amides is 1. The van der Waals surface area contributed by atoms with Crippen molar-refractivity contribution in [3.8, 4) is 11.1 Å². The fourth-order valence-electron chi connectivity index (χ4n) is 4.23. The molecule has 4 aliphatic heterocycles. The lowest BCUT2D eigenvalue weighted by Gasteiger charge is -2.49. The van der Waals surface area contributed by atoms with E-state index in [1.165, 1.54) is 0 Å². The number of anilines is 1. The van der Waals surface area contributed by atoms with Gasteiger partial charge in [0, 0.05) is 23.4 Å². The van der Waals surface area contributed by atoms with Gasteiger partial charge in [-0.15, -0.1) is 11.3 Å². The van der Waals surface area contributed by atoms with Crippen LogP contribution in [-0.4, -0.2) is 42.8 Å². The van der Waals surface area contributed by atoms with Crippen LogP contribution >= 0.6 is 11.3 Å². The molecule has 23 heavy (non-hydrogen) atoms. The van der Waals surface area contributed by atoms with Crippen LogP contribution in [0.1, 0.15) is 12.8 Å². The highest BCUT2D eigenvalue weighted by Gasteiger charge is 2.55. The van der Waals surface area contributed by atoms with Gasteiger partial charge in [0.15, 0.2) is 0 Å². The molecule has 6 heteroatoms. The van der Waals surface area contributed by atoms with E-state index in [0.717, 1.165) is 48.6 Å². The number of nitrogens with zero attached hydrogens (tertiary/aromatic N) is 2. The van der Waals surface area contributed by atoms with Gasteiger partial charge in [0.1, 0.15) is 10.6 Å². The van der Waals surface area contributed by atoms with E-state index in [1.54, 1.807) is 23.9 Å². The molecule has 0 saturated carbocycles. The monoisotopic (exact) mass is 330 g/mol. The second-order valence-electron chi connectivity index (χ2n) is 6.75. The van der Waals surface area contributed by atoms with Crippen molar-refractivity contribution in [3.05, 3.63) is 30.0 Å². The minimum atomic E-state index is -0.298. The first-order chi connectivity index (χ1) is 11.2. The topological polar surface area (TPSA) is 45.9 Å². The summed E-state index contributed by atoms with van der Waals surface area (Å²) in [5, 5.41) is 3.02. The van der Waals surface area contributed by atoms with Crippen LogP contribution in [0.2, 0.25) is 0 Å². The van der Waals surface area contributed by atoms with Gasteiger partial charge < -0.3 is 9.15 Å². The Hall–Kier alpha value is -1.79. The zero-order valence-electron chi connectivity index (χ0n) is 12.7. The molecule has 1 unspecified atom stereocenters. The number of carbonyl (C=O) groups excluding carboxylic acids is 1. The van der Waals surface area contributed by atoms with Crippen molar-refractivity contribution >= 4 is 22.4 Å². The summed E-state index contributed by atoms with van der Waals surface area (Å²) in [5.74, 6) is 0.509. The maximum absolute atomic E-state index is 12.5. The summed E-state index contributed by atoms with van der Waals surface area (Å²) in [6.07, 6.45) is 5.49. The molecule has 2 bridgehead atoms. The van der Waals surface area contributed by atoms with E-state index in [-0.39, 0.29) is 11.7 Å². The molecule has 0 aromatic carbocycles. The second-order valence-corrected chi connectivity index (χ2v) is 7.64. The van der Waals surface area contributed by atoms with Gasteiger partial charge in [0.05, 0.1) is 19.1 Å². The van der Waals surface area contributed by atoms with Gasteiger partial charge in [-0.05, 0) is 43.6 Å². The number of thiophene rings is 1. The predicted molar refractivity (Wildman–Crippen MR) is 87.7 cm³/mol. The van der Waals surface area contributed by atoms with Crippen molar-refractivity contribution in [3.63, 3.8) is 0 Å². The average Bonchev–Trinajstić information content (AvgIpc) is 3.28. The zero-order chi connectivity index (χ0) is 15.4. The van der Waals surface area contributed by atoms with Crippen molar-refractivity contribution in [1.82, 2.24) is 4.90 Å². The number of carbonyl (C=O) groups is 1. The molecular weight excluding hydrogens is 312 g/mol. The van der Waals surface area contributed by atoms with Crippen molar-refractivity contribution in [1.29, 1.82) is 0 Å². The number of fused-ring (bicyclic) bond motifs is 2. The number of rotatable bonds is 2. The Labute approximate surface area is 138 Å². The molecule has 6 rings (SSSR count). The number of hydrogen-bond donors (Lipinski definition) is 0. The Morgan fingerprint density at radius 1 is 1.22 bits per heavy atom. The Balaban J connectivity index is 1.43. The van der Waals surface area contributed by atoms with Crippen LogP contribution in [0.15, 0.2) is 34.5 Å². The predicted octanol–water partition coefficient (Wildman–Crippen LogP) is 3.43. The van der Waals surface area contributed by atoms with Crippen LogP contribution in [0.25, 0.3) is 11.1 Å². The summed E-state index contributed by atoms with van der Waals surface area (Å²) in [5.41, 5.74) is 1.83. The molecule has 0 aliphatic carbocycles. The van der Waals surface area contributed by atoms with Crippen molar-refractivity contribution in [2.75, 3.05) is 31.1 Å². The Morgan fingerprint density at radius 3 is 2.78 bits per heavy atom. The van der Waals surface area contributed by atoms with Crippen LogP contribution < -0.4 is 4.90 Å². The Bertz CT molecular complexity index is 733. The van der Waals surface area contributed by atoms with Crippen LogP contribution in [0, 0.1) is 5.92 Å². The molecule has 6 heterocycles. The number of furan rings is 1. The quantitative estimate of drug-likeness (QED) is 0.846. The van der Waals surface area contributed by atoms with Crippen molar-refractivity contribution < 1.29 is 13.9 Å². The summed E-state index contributed by atoms with van der Waals surface area (Å²) in [7, 11) is 0. The van der Waals surface area contributed by atoms with Crippen LogP contribution in [0.3, 0.4) is 0 Å². The standard InChI is InChI=1S/C17H18N2O3S/c20-16-19(15-7-13(9-23-15)12-3-6-21-8-12)11-17(22-16)10-18-4-1-14(17)2-5-18/h3,6-9,14H,1-2,4-5,10-11H2. The number of piperidine rings is 3. The Kier molecular flexibility index (Phi) is 2.87. The average molecular weight is 330 g/mol. The third-order valence-corrected chi connectivity index (χ3v) is 6.42. The lowest BCUT2D eigenvalue weighted by atomic mass is 9.75. The van der Waals surface area contributed by atoms with Gasteiger partial charge in [0.2, 0.25) is 0 Å². The van der Waals surface area contributed by atoms with E-state index in [2.05, 4.69) is 16.3 Å². The third-order valence-electron chi connectivity index (χ3n) is 5.47. The summed E-state index contributed by atoms with van der Waals surface area (Å²) in [6.45, 7) is 3.86. The molecule has 0 radical (unpaired) electrons. The minimum absolute atomic E-state index is 0.195. The van der Waals surface area contributed by atoms with E-state index < -0.39 is 0 Å².